The van der Waals surface area contributed by atoms with Gasteiger partial charge in [0.25, 0.3) is 0 Å². The molecule has 20 heavy (non-hydrogen) atoms. The van der Waals surface area contributed by atoms with E-state index < -0.39 is 5.97 Å². The molecule has 0 aliphatic carbocycles. The summed E-state index contributed by atoms with van der Waals surface area (Å²) < 4.78 is 0.444. The van der Waals surface area contributed by atoms with Gasteiger partial charge in [0.1, 0.15) is 0 Å². The number of anilines is 1. The number of hydrogen-bond acceptors (Lipinski definition) is 3. The van der Waals surface area contributed by atoms with Crippen molar-refractivity contribution < 1.29 is 19.8 Å². The Bertz CT molecular complexity index is 505. The van der Waals surface area contributed by atoms with Gasteiger partial charge in [0.2, 0.25) is 0 Å². The van der Waals surface area contributed by atoms with Crippen molar-refractivity contribution in [1.82, 2.24) is 4.90 Å². The number of urea groups is 1. The summed E-state index contributed by atoms with van der Waals surface area (Å²) in [6.45, 7) is 3.75. The van der Waals surface area contributed by atoms with Crippen LogP contribution in [-0.2, 0) is 0 Å². The maximum absolute atomic E-state index is 12.1. The Morgan fingerprint density at radius 3 is 2.55 bits per heavy atom. The minimum Gasteiger partial charge on any atom is -0.478 e. The summed E-state index contributed by atoms with van der Waals surface area (Å²) in [5, 5.41) is 20.6. The molecule has 0 atom stereocenters. The largest absolute Gasteiger partial charge is 0.478 e. The van der Waals surface area contributed by atoms with Gasteiger partial charge >= 0.3 is 12.0 Å². The van der Waals surface area contributed by atoms with Gasteiger partial charge in [-0.05, 0) is 48.0 Å². The highest BCUT2D eigenvalue weighted by Crippen LogP contribution is 2.21. The zero-order valence-corrected chi connectivity index (χ0v) is 12.8. The number of aliphatic hydroxyl groups excluding tert-OH is 1. The summed E-state index contributed by atoms with van der Waals surface area (Å²) in [4.78, 5) is 24.5. The molecule has 0 radical (unpaired) electrons. The quantitative estimate of drug-likeness (QED) is 0.764. The number of rotatable bonds is 5. The molecule has 3 N–H and O–H groups in total. The molecule has 0 spiro atoms. The predicted octanol–water partition coefficient (Wildman–Crippen LogP) is 2.38. The monoisotopic (exact) mass is 344 g/mol. The van der Waals surface area contributed by atoms with E-state index in [4.69, 9.17) is 10.2 Å². The van der Waals surface area contributed by atoms with E-state index in [1.807, 2.05) is 13.8 Å². The Morgan fingerprint density at radius 1 is 1.40 bits per heavy atom. The lowest BCUT2D eigenvalue weighted by atomic mass is 10.2. The summed E-state index contributed by atoms with van der Waals surface area (Å²) in [6, 6.07) is 4.09. The SMILES string of the molecule is CC(C)N(CCO)C(=O)Nc1ccc(Br)c(C(=O)O)c1. The molecule has 110 valence electrons. The number of aromatic carboxylic acids is 1. The molecule has 1 aromatic carbocycles. The molecule has 0 bridgehead atoms. The van der Waals surface area contributed by atoms with Crippen molar-refractivity contribution in [1.29, 1.82) is 0 Å². The second-order valence-electron chi connectivity index (χ2n) is 4.44. The van der Waals surface area contributed by atoms with E-state index in [0.29, 0.717) is 10.2 Å². The number of nitrogens with zero attached hydrogens (tertiary/aromatic N) is 1. The molecule has 1 rings (SSSR count). The minimum atomic E-state index is -1.08. The van der Waals surface area contributed by atoms with Gasteiger partial charge in [-0.15, -0.1) is 0 Å². The lowest BCUT2D eigenvalue weighted by molar-refractivity contribution is 0.0696. The van der Waals surface area contributed by atoms with Gasteiger partial charge in [0.05, 0.1) is 12.2 Å². The van der Waals surface area contributed by atoms with E-state index in [1.165, 1.54) is 11.0 Å². The van der Waals surface area contributed by atoms with Crippen molar-refractivity contribution in [3.8, 4) is 0 Å². The highest BCUT2D eigenvalue weighted by Gasteiger charge is 2.17. The first-order valence-corrected chi connectivity index (χ1v) is 6.87. The highest BCUT2D eigenvalue weighted by atomic mass is 79.9. The molecule has 0 aromatic heterocycles. The third-order valence-corrected chi connectivity index (χ3v) is 3.36. The summed E-state index contributed by atoms with van der Waals surface area (Å²) in [5.41, 5.74) is 0.459. The summed E-state index contributed by atoms with van der Waals surface area (Å²) in [5.74, 6) is -1.08. The third-order valence-electron chi connectivity index (χ3n) is 2.67. The molecule has 0 aliphatic heterocycles. The van der Waals surface area contributed by atoms with Crippen LogP contribution < -0.4 is 5.32 Å². The number of benzene rings is 1. The molecule has 0 saturated carbocycles. The molecular formula is C13H17BrN2O4. The van der Waals surface area contributed by atoms with E-state index in [-0.39, 0.29) is 30.8 Å². The lowest BCUT2D eigenvalue weighted by Crippen LogP contribution is -2.41. The molecular weight excluding hydrogens is 328 g/mol. The van der Waals surface area contributed by atoms with Gasteiger partial charge in [-0.25, -0.2) is 9.59 Å². The van der Waals surface area contributed by atoms with Crippen molar-refractivity contribution >= 4 is 33.6 Å². The van der Waals surface area contributed by atoms with Crippen LogP contribution in [0.1, 0.15) is 24.2 Å². The number of aliphatic hydroxyl groups is 1. The number of nitrogens with one attached hydrogen (secondary N) is 1. The van der Waals surface area contributed by atoms with Crippen LogP contribution >= 0.6 is 15.9 Å². The number of carbonyl (C=O) groups is 2. The van der Waals surface area contributed by atoms with Crippen LogP contribution in [0.15, 0.2) is 22.7 Å². The number of carboxylic acid groups (broad SMARTS) is 1. The summed E-state index contributed by atoms with van der Waals surface area (Å²) in [6.07, 6.45) is 0. The summed E-state index contributed by atoms with van der Waals surface area (Å²) in [7, 11) is 0. The van der Waals surface area contributed by atoms with Gasteiger partial charge < -0.3 is 20.4 Å². The minimum absolute atomic E-state index is 0.0704. The lowest BCUT2D eigenvalue weighted by Gasteiger charge is -2.26. The fraction of sp³-hybridized carbons (Fsp3) is 0.385. The van der Waals surface area contributed by atoms with Crippen LogP contribution in [0.25, 0.3) is 0 Å². The summed E-state index contributed by atoms with van der Waals surface area (Å²) >= 11 is 3.14. The Hall–Kier alpha value is -1.60. The molecule has 1 aromatic rings. The van der Waals surface area contributed by atoms with E-state index >= 15 is 0 Å². The standard InChI is InChI=1S/C13H17BrN2O4/c1-8(2)16(5-6-17)13(20)15-9-3-4-11(14)10(7-9)12(18)19/h3-4,7-8,17H,5-6H2,1-2H3,(H,15,20)(H,18,19). The Labute approximate surface area is 125 Å². The van der Waals surface area contributed by atoms with Gasteiger partial charge in [0, 0.05) is 22.7 Å². The molecule has 0 aliphatic rings. The van der Waals surface area contributed by atoms with Crippen LogP contribution in [0.2, 0.25) is 0 Å². The number of carboxylic acids is 1. The molecule has 0 heterocycles. The molecule has 0 saturated heterocycles. The average molecular weight is 345 g/mol. The van der Waals surface area contributed by atoms with E-state index in [2.05, 4.69) is 21.2 Å². The first kappa shape index (κ1) is 16.5. The maximum Gasteiger partial charge on any atom is 0.336 e. The fourth-order valence-electron chi connectivity index (χ4n) is 1.66. The topological polar surface area (TPSA) is 89.9 Å². The highest BCUT2D eigenvalue weighted by molar-refractivity contribution is 9.10. The average Bonchev–Trinajstić information content (AvgIpc) is 2.37. The van der Waals surface area contributed by atoms with Gasteiger partial charge in [-0.2, -0.15) is 0 Å². The van der Waals surface area contributed by atoms with Crippen LogP contribution in [0.4, 0.5) is 10.5 Å². The van der Waals surface area contributed by atoms with E-state index in [0.717, 1.165) is 0 Å². The van der Waals surface area contributed by atoms with Crippen molar-refractivity contribution in [2.75, 3.05) is 18.5 Å². The number of halogens is 1. The number of hydrogen-bond donors (Lipinski definition) is 3. The van der Waals surface area contributed by atoms with E-state index in [9.17, 15) is 9.59 Å². The first-order valence-electron chi connectivity index (χ1n) is 6.08. The second kappa shape index (κ2) is 7.25. The van der Waals surface area contributed by atoms with Gasteiger partial charge in [-0.3, -0.25) is 0 Å². The van der Waals surface area contributed by atoms with Crippen molar-refractivity contribution in [2.45, 2.75) is 19.9 Å². The van der Waals surface area contributed by atoms with E-state index in [1.54, 1.807) is 12.1 Å². The molecule has 2 amide bonds. The van der Waals surface area contributed by atoms with Crippen molar-refractivity contribution in [3.05, 3.63) is 28.2 Å². The zero-order valence-electron chi connectivity index (χ0n) is 11.3. The third kappa shape index (κ3) is 4.21. The maximum atomic E-state index is 12.1. The smallest absolute Gasteiger partial charge is 0.336 e. The van der Waals surface area contributed by atoms with Gasteiger partial charge in [0.15, 0.2) is 0 Å². The van der Waals surface area contributed by atoms with Crippen LogP contribution in [0.5, 0.6) is 0 Å². The zero-order chi connectivity index (χ0) is 15.3. The normalized spacial score (nSPS) is 10.4. The molecule has 7 heteroatoms. The van der Waals surface area contributed by atoms with Crippen LogP contribution in [0, 0.1) is 0 Å². The molecule has 0 unspecified atom stereocenters. The van der Waals surface area contributed by atoms with Crippen molar-refractivity contribution in [3.63, 3.8) is 0 Å². The van der Waals surface area contributed by atoms with Gasteiger partial charge in [-0.1, -0.05) is 0 Å². The van der Waals surface area contributed by atoms with Crippen molar-refractivity contribution in [2.24, 2.45) is 0 Å². The Kier molecular flexibility index (Phi) is 5.97. The second-order valence-corrected chi connectivity index (χ2v) is 5.30. The van der Waals surface area contributed by atoms with Crippen LogP contribution in [-0.4, -0.2) is 46.3 Å². The fourth-order valence-corrected chi connectivity index (χ4v) is 2.08. The predicted molar refractivity (Wildman–Crippen MR) is 79.0 cm³/mol. The first-order chi connectivity index (χ1) is 9.36. The Morgan fingerprint density at radius 2 is 2.05 bits per heavy atom. The Balaban J connectivity index is 2.89. The molecule has 6 nitrogen and oxygen atoms in total. The van der Waals surface area contributed by atoms with Crippen LogP contribution in [0.3, 0.4) is 0 Å². The number of carbonyl (C=O) groups excluding carboxylic acids is 1. The number of amides is 2. The molecule has 0 fully saturated rings.